The number of hydrogen-bond acceptors (Lipinski definition) is 3. The molecule has 0 aromatic heterocycles. The number of carbonyl (C=O) groups excluding carboxylic acids is 1. The zero-order chi connectivity index (χ0) is 13.8. The minimum absolute atomic E-state index is 0. The standard InChI is InChI=1S/C14H19BrN2O2.ClH/c1-17(9-11-4-2-3-7-19-11)14(18)12-6-5-10(15)8-13(12)16;/h5-6,8,11H,2-4,7,9,16H2,1H3;1H. The van der Waals surface area contributed by atoms with Crippen molar-refractivity contribution in [3.05, 3.63) is 28.2 Å². The third-order valence-electron chi connectivity index (χ3n) is 3.34. The van der Waals surface area contributed by atoms with E-state index >= 15 is 0 Å². The first-order valence-corrected chi connectivity index (χ1v) is 7.29. The minimum Gasteiger partial charge on any atom is -0.398 e. The van der Waals surface area contributed by atoms with Gasteiger partial charge in [-0.25, -0.2) is 0 Å². The highest BCUT2D eigenvalue weighted by atomic mass is 79.9. The van der Waals surface area contributed by atoms with E-state index in [1.165, 1.54) is 6.42 Å². The van der Waals surface area contributed by atoms with Crippen LogP contribution in [0, 0.1) is 0 Å². The van der Waals surface area contributed by atoms with Crippen LogP contribution in [-0.2, 0) is 4.74 Å². The average Bonchev–Trinajstić information content (AvgIpc) is 2.39. The van der Waals surface area contributed by atoms with Crippen LogP contribution in [0.15, 0.2) is 22.7 Å². The highest BCUT2D eigenvalue weighted by Crippen LogP contribution is 2.20. The number of carbonyl (C=O) groups is 1. The van der Waals surface area contributed by atoms with Gasteiger partial charge in [-0.05, 0) is 37.5 Å². The summed E-state index contributed by atoms with van der Waals surface area (Å²) in [5.74, 6) is -0.0563. The monoisotopic (exact) mass is 362 g/mol. The summed E-state index contributed by atoms with van der Waals surface area (Å²) in [6, 6.07) is 5.33. The topological polar surface area (TPSA) is 55.6 Å². The van der Waals surface area contributed by atoms with Crippen LogP contribution < -0.4 is 5.73 Å². The van der Waals surface area contributed by atoms with Crippen molar-refractivity contribution in [3.63, 3.8) is 0 Å². The zero-order valence-electron chi connectivity index (χ0n) is 11.5. The van der Waals surface area contributed by atoms with E-state index < -0.39 is 0 Å². The predicted molar refractivity (Wildman–Crippen MR) is 86.4 cm³/mol. The molecule has 0 radical (unpaired) electrons. The first-order chi connectivity index (χ1) is 9.08. The summed E-state index contributed by atoms with van der Waals surface area (Å²) in [6.45, 7) is 1.42. The lowest BCUT2D eigenvalue weighted by Gasteiger charge is -2.27. The van der Waals surface area contributed by atoms with Crippen LogP contribution in [0.25, 0.3) is 0 Å². The molecule has 6 heteroatoms. The van der Waals surface area contributed by atoms with Crippen molar-refractivity contribution in [2.24, 2.45) is 0 Å². The molecule has 2 N–H and O–H groups in total. The summed E-state index contributed by atoms with van der Waals surface area (Å²) in [6.07, 6.45) is 3.47. The molecule has 1 atom stereocenters. The lowest BCUT2D eigenvalue weighted by Crippen LogP contribution is -2.37. The summed E-state index contributed by atoms with van der Waals surface area (Å²) in [5, 5.41) is 0. The van der Waals surface area contributed by atoms with Gasteiger partial charge in [-0.2, -0.15) is 0 Å². The number of hydrogen-bond donors (Lipinski definition) is 1. The first kappa shape index (κ1) is 17.3. The number of nitrogen functional groups attached to an aromatic ring is 1. The number of benzene rings is 1. The van der Waals surface area contributed by atoms with Crippen LogP contribution in [0.5, 0.6) is 0 Å². The van der Waals surface area contributed by atoms with Crippen molar-refractivity contribution in [3.8, 4) is 0 Å². The van der Waals surface area contributed by atoms with Gasteiger partial charge in [-0.1, -0.05) is 15.9 Å². The second-order valence-electron chi connectivity index (χ2n) is 4.91. The molecule has 4 nitrogen and oxygen atoms in total. The van der Waals surface area contributed by atoms with Gasteiger partial charge < -0.3 is 15.4 Å². The summed E-state index contributed by atoms with van der Waals surface area (Å²) < 4.78 is 6.53. The predicted octanol–water partition coefficient (Wildman–Crippen LogP) is 3.09. The second kappa shape index (κ2) is 7.86. The maximum Gasteiger partial charge on any atom is 0.255 e. The third kappa shape index (κ3) is 4.36. The SMILES string of the molecule is CN(CC1CCCCO1)C(=O)c1ccc(Br)cc1N.Cl. The Morgan fingerprint density at radius 2 is 2.25 bits per heavy atom. The van der Waals surface area contributed by atoms with Crippen LogP contribution in [-0.4, -0.2) is 37.1 Å². The molecule has 1 unspecified atom stereocenters. The molecular formula is C14H20BrClN2O2. The molecule has 1 amide bonds. The Morgan fingerprint density at radius 3 is 2.85 bits per heavy atom. The Hall–Kier alpha value is -0.780. The Balaban J connectivity index is 0.00000200. The Bertz CT molecular complexity index is 464. The van der Waals surface area contributed by atoms with Gasteiger partial charge >= 0.3 is 0 Å². The summed E-state index contributed by atoms with van der Waals surface area (Å²) in [5.41, 5.74) is 6.92. The average molecular weight is 364 g/mol. The normalized spacial score (nSPS) is 18.2. The largest absolute Gasteiger partial charge is 0.398 e. The molecule has 1 aromatic carbocycles. The molecule has 0 spiro atoms. The molecule has 112 valence electrons. The molecule has 20 heavy (non-hydrogen) atoms. The fraction of sp³-hybridized carbons (Fsp3) is 0.500. The smallest absolute Gasteiger partial charge is 0.255 e. The van der Waals surface area contributed by atoms with E-state index in [-0.39, 0.29) is 24.4 Å². The van der Waals surface area contributed by atoms with Gasteiger partial charge in [0, 0.05) is 30.4 Å². The fourth-order valence-electron chi connectivity index (χ4n) is 2.27. The lowest BCUT2D eigenvalue weighted by molar-refractivity contribution is -0.000170. The Kier molecular flexibility index (Phi) is 6.79. The molecule has 1 fully saturated rings. The number of anilines is 1. The van der Waals surface area contributed by atoms with E-state index in [4.69, 9.17) is 10.5 Å². The van der Waals surface area contributed by atoms with Gasteiger partial charge in [0.05, 0.1) is 11.7 Å². The van der Waals surface area contributed by atoms with Crippen LogP contribution >= 0.6 is 28.3 Å². The van der Waals surface area contributed by atoms with E-state index in [0.717, 1.165) is 23.9 Å². The van der Waals surface area contributed by atoms with Gasteiger partial charge in [-0.15, -0.1) is 12.4 Å². The van der Waals surface area contributed by atoms with E-state index in [1.807, 2.05) is 6.07 Å². The molecule has 0 aliphatic carbocycles. The molecule has 2 rings (SSSR count). The maximum absolute atomic E-state index is 12.3. The lowest BCUT2D eigenvalue weighted by atomic mass is 10.1. The number of rotatable bonds is 3. The molecule has 0 bridgehead atoms. The van der Waals surface area contributed by atoms with Crippen LogP contribution in [0.1, 0.15) is 29.6 Å². The van der Waals surface area contributed by atoms with Crippen molar-refractivity contribution in [1.82, 2.24) is 4.90 Å². The van der Waals surface area contributed by atoms with Gasteiger partial charge in [0.25, 0.3) is 5.91 Å². The number of likely N-dealkylation sites (N-methyl/N-ethyl adjacent to an activating group) is 1. The Morgan fingerprint density at radius 1 is 1.50 bits per heavy atom. The Labute approximate surface area is 134 Å². The van der Waals surface area contributed by atoms with Crippen molar-refractivity contribution < 1.29 is 9.53 Å². The molecular weight excluding hydrogens is 344 g/mol. The number of nitrogens with two attached hydrogens (primary N) is 1. The van der Waals surface area contributed by atoms with Crippen LogP contribution in [0.4, 0.5) is 5.69 Å². The van der Waals surface area contributed by atoms with E-state index in [9.17, 15) is 4.79 Å². The molecule has 1 aliphatic rings. The minimum atomic E-state index is -0.0563. The first-order valence-electron chi connectivity index (χ1n) is 6.50. The van der Waals surface area contributed by atoms with Crippen LogP contribution in [0.3, 0.4) is 0 Å². The summed E-state index contributed by atoms with van der Waals surface area (Å²) >= 11 is 3.34. The maximum atomic E-state index is 12.3. The molecule has 0 saturated carbocycles. The second-order valence-corrected chi connectivity index (χ2v) is 5.82. The molecule has 1 aliphatic heterocycles. The zero-order valence-corrected chi connectivity index (χ0v) is 13.9. The number of nitrogens with zero attached hydrogens (tertiary/aromatic N) is 1. The van der Waals surface area contributed by atoms with E-state index in [1.54, 1.807) is 24.1 Å². The quantitative estimate of drug-likeness (QED) is 0.840. The van der Waals surface area contributed by atoms with Crippen molar-refractivity contribution in [1.29, 1.82) is 0 Å². The fourth-order valence-corrected chi connectivity index (χ4v) is 2.65. The van der Waals surface area contributed by atoms with Gasteiger partial charge in [0.2, 0.25) is 0 Å². The van der Waals surface area contributed by atoms with Crippen LogP contribution in [0.2, 0.25) is 0 Å². The highest BCUT2D eigenvalue weighted by molar-refractivity contribution is 9.10. The molecule has 1 aromatic rings. The van der Waals surface area contributed by atoms with Gasteiger partial charge in [0.1, 0.15) is 0 Å². The van der Waals surface area contributed by atoms with Crippen molar-refractivity contribution in [2.75, 3.05) is 25.9 Å². The highest BCUT2D eigenvalue weighted by Gasteiger charge is 2.20. The summed E-state index contributed by atoms with van der Waals surface area (Å²) in [7, 11) is 1.79. The third-order valence-corrected chi connectivity index (χ3v) is 3.84. The molecule has 1 saturated heterocycles. The van der Waals surface area contributed by atoms with Gasteiger partial charge in [0.15, 0.2) is 0 Å². The van der Waals surface area contributed by atoms with Crippen molar-refractivity contribution >= 4 is 39.9 Å². The number of halogens is 2. The van der Waals surface area contributed by atoms with Gasteiger partial charge in [-0.3, -0.25) is 4.79 Å². The molecule has 1 heterocycles. The van der Waals surface area contributed by atoms with Crippen molar-refractivity contribution in [2.45, 2.75) is 25.4 Å². The van der Waals surface area contributed by atoms with E-state index in [2.05, 4.69) is 15.9 Å². The number of ether oxygens (including phenoxy) is 1. The number of amides is 1. The van der Waals surface area contributed by atoms with E-state index in [0.29, 0.717) is 17.8 Å². The summed E-state index contributed by atoms with van der Waals surface area (Å²) in [4.78, 5) is 14.0.